The maximum atomic E-state index is 13.9. The first-order valence-electron chi connectivity index (χ1n) is 9.96. The summed E-state index contributed by atoms with van der Waals surface area (Å²) in [5, 5.41) is 0. The second kappa shape index (κ2) is 7.78. The highest BCUT2D eigenvalue weighted by Crippen LogP contribution is 2.25. The number of ether oxygens (including phenoxy) is 1. The largest absolute Gasteiger partial charge is 0.460 e. The van der Waals surface area contributed by atoms with Gasteiger partial charge in [0.25, 0.3) is 0 Å². The van der Waals surface area contributed by atoms with Gasteiger partial charge >= 0.3 is 6.01 Å². The van der Waals surface area contributed by atoms with E-state index in [-0.39, 0.29) is 11.6 Å². The number of rotatable bonds is 4. The highest BCUT2D eigenvalue weighted by Gasteiger charge is 2.16. The molecule has 1 saturated carbocycles. The third-order valence-electron chi connectivity index (χ3n) is 5.29. The lowest BCUT2D eigenvalue weighted by Crippen LogP contribution is -2.20. The van der Waals surface area contributed by atoms with E-state index >= 15 is 0 Å². The zero-order valence-corrected chi connectivity index (χ0v) is 16.1. The first-order valence-corrected chi connectivity index (χ1v) is 9.96. The number of hydrogen-bond acceptors (Lipinski definition) is 5. The molecule has 0 saturated heterocycles. The highest BCUT2D eigenvalue weighted by molar-refractivity contribution is 5.80. The van der Waals surface area contributed by atoms with Crippen molar-refractivity contribution >= 4 is 11.0 Å². The van der Waals surface area contributed by atoms with Crippen LogP contribution in [0.2, 0.25) is 0 Å². The fourth-order valence-corrected chi connectivity index (χ4v) is 3.73. The fraction of sp³-hybridized carbons (Fsp3) is 0.273. The van der Waals surface area contributed by atoms with Crippen molar-refractivity contribution in [3.63, 3.8) is 0 Å². The van der Waals surface area contributed by atoms with Crippen LogP contribution >= 0.6 is 0 Å². The van der Waals surface area contributed by atoms with Gasteiger partial charge in [0.15, 0.2) is 5.82 Å². The van der Waals surface area contributed by atoms with E-state index in [0.717, 1.165) is 24.5 Å². The van der Waals surface area contributed by atoms with Crippen LogP contribution in [0.3, 0.4) is 0 Å². The number of benzene rings is 1. The van der Waals surface area contributed by atoms with Crippen molar-refractivity contribution in [3.8, 4) is 28.7 Å². The quantitative estimate of drug-likeness (QED) is 0.511. The number of imidazole rings is 1. The van der Waals surface area contributed by atoms with Gasteiger partial charge in [-0.25, -0.2) is 23.7 Å². The van der Waals surface area contributed by atoms with Crippen LogP contribution in [0.1, 0.15) is 32.1 Å². The Labute approximate surface area is 171 Å². The molecule has 1 aliphatic rings. The van der Waals surface area contributed by atoms with Gasteiger partial charge in [-0.2, -0.15) is 0 Å². The van der Waals surface area contributed by atoms with E-state index in [1.54, 1.807) is 30.7 Å². The molecule has 3 aromatic heterocycles. The molecule has 1 N–H and O–H groups in total. The molecule has 0 radical (unpaired) electrons. The third kappa shape index (κ3) is 3.72. The van der Waals surface area contributed by atoms with Crippen LogP contribution in [0, 0.1) is 11.6 Å². The number of nitrogens with zero attached hydrogens (tertiary/aromatic N) is 4. The number of aromatic amines is 1. The predicted octanol–water partition coefficient (Wildman–Crippen LogP) is 5.07. The van der Waals surface area contributed by atoms with Crippen molar-refractivity contribution in [2.45, 2.75) is 38.2 Å². The normalized spacial score (nSPS) is 14.9. The lowest BCUT2D eigenvalue weighted by Gasteiger charge is -2.21. The van der Waals surface area contributed by atoms with Crippen molar-refractivity contribution in [2.24, 2.45) is 0 Å². The van der Waals surface area contributed by atoms with Crippen LogP contribution in [0.5, 0.6) is 6.01 Å². The van der Waals surface area contributed by atoms with Gasteiger partial charge in [-0.1, -0.05) is 6.42 Å². The first-order chi connectivity index (χ1) is 14.7. The Morgan fingerprint density at radius 1 is 0.900 bits per heavy atom. The topological polar surface area (TPSA) is 76.6 Å². The summed E-state index contributed by atoms with van der Waals surface area (Å²) in [5.41, 5.74) is 2.51. The molecule has 0 amide bonds. The zero-order chi connectivity index (χ0) is 20.5. The summed E-state index contributed by atoms with van der Waals surface area (Å²) in [6.45, 7) is 0. The van der Waals surface area contributed by atoms with Crippen molar-refractivity contribution in [3.05, 3.63) is 54.5 Å². The molecular weight excluding hydrogens is 388 g/mol. The second-order valence-electron chi connectivity index (χ2n) is 7.43. The Morgan fingerprint density at radius 3 is 2.40 bits per heavy atom. The second-order valence-corrected chi connectivity index (χ2v) is 7.43. The number of halogens is 2. The molecule has 0 atom stereocenters. The summed E-state index contributed by atoms with van der Waals surface area (Å²) in [7, 11) is 0. The lowest BCUT2D eigenvalue weighted by atomic mass is 9.98. The molecule has 0 aliphatic heterocycles. The summed E-state index contributed by atoms with van der Waals surface area (Å²) in [6, 6.07) is 6.03. The molecule has 6 nitrogen and oxygen atoms in total. The van der Waals surface area contributed by atoms with Crippen molar-refractivity contribution < 1.29 is 13.5 Å². The molecule has 0 bridgehead atoms. The Hall–Kier alpha value is -3.42. The lowest BCUT2D eigenvalue weighted by molar-refractivity contribution is 0.142. The number of nitrogens with one attached hydrogen (secondary N) is 1. The average Bonchev–Trinajstić information content (AvgIpc) is 3.20. The van der Waals surface area contributed by atoms with Gasteiger partial charge in [0, 0.05) is 35.8 Å². The number of pyridine rings is 1. The minimum absolute atomic E-state index is 0.0948. The number of aromatic nitrogens is 5. The SMILES string of the molecule is Fc1cc(F)c2nc(-c3ccc(-c4cnc(OC5CCCCC5)nc4)nc3)[nH]c2c1. The number of fused-ring (bicyclic) bond motifs is 1. The molecule has 3 heterocycles. The third-order valence-corrected chi connectivity index (χ3v) is 5.29. The standard InChI is InChI=1S/C22H19F2N5O/c23-15-8-17(24)20-19(9-15)28-21(29-20)13-6-7-18(25-10-13)14-11-26-22(27-12-14)30-16-4-2-1-3-5-16/h6-12,16H,1-5H2,(H,28,29). The van der Waals surface area contributed by atoms with E-state index in [0.29, 0.717) is 28.6 Å². The molecule has 5 rings (SSSR count). The average molecular weight is 407 g/mol. The number of H-pyrrole nitrogens is 1. The zero-order valence-electron chi connectivity index (χ0n) is 16.1. The van der Waals surface area contributed by atoms with Crippen molar-refractivity contribution in [1.82, 2.24) is 24.9 Å². The van der Waals surface area contributed by atoms with Crippen LogP contribution < -0.4 is 4.74 Å². The summed E-state index contributed by atoms with van der Waals surface area (Å²) in [5.74, 6) is -0.939. The molecule has 0 spiro atoms. The van der Waals surface area contributed by atoms with Gasteiger partial charge in [0.2, 0.25) is 0 Å². The van der Waals surface area contributed by atoms with Crippen molar-refractivity contribution in [1.29, 1.82) is 0 Å². The number of hydrogen-bond donors (Lipinski definition) is 1. The molecule has 30 heavy (non-hydrogen) atoms. The van der Waals surface area contributed by atoms with Gasteiger partial charge in [-0.15, -0.1) is 0 Å². The van der Waals surface area contributed by atoms with Gasteiger partial charge in [0.1, 0.15) is 23.3 Å². The van der Waals surface area contributed by atoms with Crippen LogP contribution in [0.25, 0.3) is 33.7 Å². The fourth-order valence-electron chi connectivity index (χ4n) is 3.73. The summed E-state index contributed by atoms with van der Waals surface area (Å²) in [6.07, 6.45) is 10.9. The first kappa shape index (κ1) is 18.6. The predicted molar refractivity (Wildman–Crippen MR) is 108 cm³/mol. The van der Waals surface area contributed by atoms with Gasteiger partial charge in [0.05, 0.1) is 11.2 Å². The molecule has 152 valence electrons. The van der Waals surface area contributed by atoms with Crippen LogP contribution in [-0.4, -0.2) is 31.0 Å². The summed E-state index contributed by atoms with van der Waals surface area (Å²) < 4.78 is 33.1. The van der Waals surface area contributed by atoms with Gasteiger partial charge in [-0.05, 0) is 43.9 Å². The van der Waals surface area contributed by atoms with Crippen LogP contribution in [0.4, 0.5) is 8.78 Å². The molecular formula is C22H19F2N5O. The van der Waals surface area contributed by atoms with E-state index < -0.39 is 11.6 Å². The van der Waals surface area contributed by atoms with E-state index in [4.69, 9.17) is 4.74 Å². The van der Waals surface area contributed by atoms with E-state index in [1.165, 1.54) is 25.3 Å². The van der Waals surface area contributed by atoms with Crippen LogP contribution in [-0.2, 0) is 0 Å². The van der Waals surface area contributed by atoms with E-state index in [1.807, 2.05) is 0 Å². The maximum absolute atomic E-state index is 13.9. The highest BCUT2D eigenvalue weighted by atomic mass is 19.1. The van der Waals surface area contributed by atoms with Gasteiger partial charge < -0.3 is 9.72 Å². The van der Waals surface area contributed by atoms with E-state index in [2.05, 4.69) is 24.9 Å². The molecule has 1 aliphatic carbocycles. The Kier molecular flexibility index (Phi) is 4.82. The summed E-state index contributed by atoms with van der Waals surface area (Å²) >= 11 is 0. The molecule has 8 heteroatoms. The smallest absolute Gasteiger partial charge is 0.316 e. The minimum atomic E-state index is -0.704. The molecule has 1 aromatic carbocycles. The Balaban J connectivity index is 1.34. The van der Waals surface area contributed by atoms with Crippen molar-refractivity contribution in [2.75, 3.05) is 0 Å². The molecule has 0 unspecified atom stereocenters. The maximum Gasteiger partial charge on any atom is 0.316 e. The van der Waals surface area contributed by atoms with Crippen LogP contribution in [0.15, 0.2) is 42.9 Å². The Bertz CT molecular complexity index is 1170. The van der Waals surface area contributed by atoms with E-state index in [9.17, 15) is 8.78 Å². The minimum Gasteiger partial charge on any atom is -0.460 e. The Morgan fingerprint density at radius 2 is 1.67 bits per heavy atom. The molecule has 1 fully saturated rings. The van der Waals surface area contributed by atoms with Gasteiger partial charge in [-0.3, -0.25) is 4.98 Å². The summed E-state index contributed by atoms with van der Waals surface area (Å²) in [4.78, 5) is 20.2. The molecule has 4 aromatic rings. The monoisotopic (exact) mass is 407 g/mol.